The minimum absolute atomic E-state index is 0.000671. The number of benzene rings is 2. The summed E-state index contributed by atoms with van der Waals surface area (Å²) in [6, 6.07) is 10.7. The van der Waals surface area contributed by atoms with Crippen molar-refractivity contribution in [2.75, 3.05) is 0 Å². The molecule has 0 spiro atoms. The molecule has 0 atom stereocenters. The van der Waals surface area contributed by atoms with Crippen LogP contribution in [0.25, 0.3) is 27.2 Å². The molecule has 0 aliphatic carbocycles. The number of rotatable bonds is 1. The molecule has 4 nitrogen and oxygen atoms in total. The summed E-state index contributed by atoms with van der Waals surface area (Å²) >= 11 is 3.42. The summed E-state index contributed by atoms with van der Waals surface area (Å²) in [4.78, 5) is 12.6. The van der Waals surface area contributed by atoms with Crippen LogP contribution in [-0.2, 0) is 5.33 Å². The quantitative estimate of drug-likeness (QED) is 0.431. The van der Waals surface area contributed by atoms with Crippen molar-refractivity contribution >= 4 is 43.1 Å². The SMILES string of the molecule is O=c1c2ccccc2n2nc(CBr)c3ccc(O)c1c32. The molecule has 4 rings (SSSR count). The molecule has 0 saturated carbocycles. The van der Waals surface area contributed by atoms with Crippen LogP contribution in [0.2, 0.25) is 0 Å². The fourth-order valence-corrected chi connectivity index (χ4v) is 3.15. The number of hydrogen-bond donors (Lipinski definition) is 1. The number of alkyl halides is 1. The third kappa shape index (κ3) is 1.30. The molecule has 2 aromatic carbocycles. The van der Waals surface area contributed by atoms with E-state index in [0.717, 1.165) is 16.6 Å². The summed E-state index contributed by atoms with van der Waals surface area (Å²) in [5.41, 5.74) is 2.14. The fraction of sp³-hybridized carbons (Fsp3) is 0.0667. The molecule has 0 unspecified atom stereocenters. The van der Waals surface area contributed by atoms with Gasteiger partial charge in [-0.15, -0.1) is 0 Å². The van der Waals surface area contributed by atoms with Crippen LogP contribution in [-0.4, -0.2) is 14.7 Å². The average molecular weight is 329 g/mol. The van der Waals surface area contributed by atoms with E-state index in [1.807, 2.05) is 18.2 Å². The zero-order valence-corrected chi connectivity index (χ0v) is 11.9. The minimum Gasteiger partial charge on any atom is -0.507 e. The first kappa shape index (κ1) is 11.7. The van der Waals surface area contributed by atoms with E-state index in [1.165, 1.54) is 0 Å². The number of halogens is 1. The molecule has 0 radical (unpaired) electrons. The average Bonchev–Trinajstić information content (AvgIpc) is 2.85. The molecule has 0 fully saturated rings. The molecule has 0 saturated heterocycles. The van der Waals surface area contributed by atoms with Crippen molar-refractivity contribution < 1.29 is 5.11 Å². The van der Waals surface area contributed by atoms with Gasteiger partial charge in [0.25, 0.3) is 0 Å². The first-order valence-corrected chi connectivity index (χ1v) is 7.28. The van der Waals surface area contributed by atoms with Crippen LogP contribution in [0, 0.1) is 0 Å². The Kier molecular flexibility index (Phi) is 2.29. The highest BCUT2D eigenvalue weighted by molar-refractivity contribution is 9.08. The van der Waals surface area contributed by atoms with E-state index in [2.05, 4.69) is 21.0 Å². The monoisotopic (exact) mass is 328 g/mol. The van der Waals surface area contributed by atoms with Crippen LogP contribution >= 0.6 is 15.9 Å². The molecule has 5 heteroatoms. The lowest BCUT2D eigenvalue weighted by Crippen LogP contribution is -2.07. The van der Waals surface area contributed by atoms with E-state index in [-0.39, 0.29) is 11.2 Å². The van der Waals surface area contributed by atoms with Crippen LogP contribution in [0.3, 0.4) is 0 Å². The summed E-state index contributed by atoms with van der Waals surface area (Å²) < 4.78 is 1.75. The second kappa shape index (κ2) is 3.93. The van der Waals surface area contributed by atoms with Crippen LogP contribution in [0.5, 0.6) is 5.75 Å². The molecule has 2 aromatic heterocycles. The van der Waals surface area contributed by atoms with Gasteiger partial charge in [0.15, 0.2) is 0 Å². The second-order valence-electron chi connectivity index (χ2n) is 4.69. The van der Waals surface area contributed by atoms with Gasteiger partial charge in [-0.25, -0.2) is 4.52 Å². The van der Waals surface area contributed by atoms with Gasteiger partial charge in [-0.1, -0.05) is 28.1 Å². The highest BCUT2D eigenvalue weighted by Gasteiger charge is 2.18. The Morgan fingerprint density at radius 1 is 1.15 bits per heavy atom. The number of fused-ring (bicyclic) bond motifs is 2. The van der Waals surface area contributed by atoms with Crippen molar-refractivity contribution in [1.29, 1.82) is 0 Å². The van der Waals surface area contributed by atoms with Crippen molar-refractivity contribution in [3.05, 3.63) is 52.3 Å². The number of phenols is 1. The molecule has 4 aromatic rings. The summed E-state index contributed by atoms with van der Waals surface area (Å²) in [6.45, 7) is 0. The molecule has 0 bridgehead atoms. The van der Waals surface area contributed by atoms with E-state index >= 15 is 0 Å². The van der Waals surface area contributed by atoms with Crippen LogP contribution in [0.1, 0.15) is 5.69 Å². The largest absolute Gasteiger partial charge is 0.507 e. The highest BCUT2D eigenvalue weighted by atomic mass is 79.9. The fourth-order valence-electron chi connectivity index (χ4n) is 2.74. The Balaban J connectivity index is 2.47. The third-order valence-electron chi connectivity index (χ3n) is 3.63. The number of para-hydroxylation sites is 1. The molecule has 0 amide bonds. The van der Waals surface area contributed by atoms with Gasteiger partial charge in [-0.2, -0.15) is 5.10 Å². The molecule has 2 heterocycles. The Morgan fingerprint density at radius 3 is 2.75 bits per heavy atom. The zero-order valence-electron chi connectivity index (χ0n) is 10.3. The van der Waals surface area contributed by atoms with Gasteiger partial charge >= 0.3 is 0 Å². The van der Waals surface area contributed by atoms with E-state index in [4.69, 9.17) is 0 Å². The van der Waals surface area contributed by atoms with E-state index < -0.39 is 0 Å². The van der Waals surface area contributed by atoms with E-state index in [0.29, 0.717) is 21.6 Å². The van der Waals surface area contributed by atoms with Gasteiger partial charge < -0.3 is 5.11 Å². The number of hydrogen-bond acceptors (Lipinski definition) is 3. The van der Waals surface area contributed by atoms with E-state index in [1.54, 1.807) is 22.7 Å². The standard InChI is InChI=1S/C15H9BrN2O2/c16-7-10-8-5-6-12(19)13-14(8)18(17-10)11-4-2-1-3-9(11)15(13)20/h1-6,19H,7H2. The first-order chi connectivity index (χ1) is 9.72. The van der Waals surface area contributed by atoms with Crippen molar-refractivity contribution in [2.24, 2.45) is 0 Å². The highest BCUT2D eigenvalue weighted by Crippen LogP contribution is 2.31. The normalized spacial score (nSPS) is 11.8. The third-order valence-corrected chi connectivity index (χ3v) is 4.16. The van der Waals surface area contributed by atoms with Crippen LogP contribution in [0.4, 0.5) is 0 Å². The Morgan fingerprint density at radius 2 is 1.95 bits per heavy atom. The Labute approximate surface area is 121 Å². The lowest BCUT2D eigenvalue weighted by Gasteiger charge is -2.05. The lowest BCUT2D eigenvalue weighted by molar-refractivity contribution is 0.481. The number of phenolic OH excluding ortho intramolecular Hbond substituents is 1. The Hall–Kier alpha value is -2.14. The molecule has 0 aliphatic heterocycles. The first-order valence-electron chi connectivity index (χ1n) is 6.16. The lowest BCUT2D eigenvalue weighted by atomic mass is 10.1. The van der Waals surface area contributed by atoms with Crippen LogP contribution in [0.15, 0.2) is 41.2 Å². The summed E-state index contributed by atoms with van der Waals surface area (Å²) in [5.74, 6) is -0.000671. The summed E-state index contributed by atoms with van der Waals surface area (Å²) in [6.07, 6.45) is 0. The van der Waals surface area contributed by atoms with Gasteiger partial charge in [0.1, 0.15) is 5.75 Å². The van der Waals surface area contributed by atoms with Crippen molar-refractivity contribution in [1.82, 2.24) is 9.61 Å². The number of nitrogens with zero attached hydrogens (tertiary/aromatic N) is 2. The van der Waals surface area contributed by atoms with E-state index in [9.17, 15) is 9.90 Å². The maximum atomic E-state index is 12.6. The Bertz CT molecular complexity index is 1020. The molecule has 0 aliphatic rings. The molecular formula is C15H9BrN2O2. The maximum Gasteiger partial charge on any atom is 0.201 e. The molecule has 1 N–H and O–H groups in total. The number of aromatic nitrogens is 2. The van der Waals surface area contributed by atoms with Gasteiger partial charge in [0.05, 0.1) is 22.1 Å². The molecule has 20 heavy (non-hydrogen) atoms. The molecular weight excluding hydrogens is 320 g/mol. The number of pyridine rings is 1. The predicted octanol–water partition coefficient (Wildman–Crippen LogP) is 3.04. The zero-order chi connectivity index (χ0) is 13.9. The number of aromatic hydroxyl groups is 1. The van der Waals surface area contributed by atoms with Crippen molar-refractivity contribution in [3.63, 3.8) is 0 Å². The molecule has 98 valence electrons. The minimum atomic E-state index is -0.155. The van der Waals surface area contributed by atoms with Gasteiger partial charge in [0.2, 0.25) is 5.43 Å². The maximum absolute atomic E-state index is 12.6. The van der Waals surface area contributed by atoms with Gasteiger partial charge in [-0.05, 0) is 24.3 Å². The van der Waals surface area contributed by atoms with Crippen molar-refractivity contribution in [3.8, 4) is 5.75 Å². The van der Waals surface area contributed by atoms with Crippen molar-refractivity contribution in [2.45, 2.75) is 5.33 Å². The smallest absolute Gasteiger partial charge is 0.201 e. The summed E-state index contributed by atoms with van der Waals surface area (Å²) in [7, 11) is 0. The van der Waals surface area contributed by atoms with Crippen LogP contribution < -0.4 is 5.43 Å². The van der Waals surface area contributed by atoms with Gasteiger partial charge in [-0.3, -0.25) is 4.79 Å². The second-order valence-corrected chi connectivity index (χ2v) is 5.25. The topological polar surface area (TPSA) is 54.6 Å². The predicted molar refractivity (Wildman–Crippen MR) is 82.0 cm³/mol. The van der Waals surface area contributed by atoms with Gasteiger partial charge in [0, 0.05) is 16.1 Å². The summed E-state index contributed by atoms with van der Waals surface area (Å²) in [5, 5.41) is 17.0.